The molecule has 0 bridgehead atoms. The number of hydrogen-bond donors (Lipinski definition) is 2. The lowest BCUT2D eigenvalue weighted by Crippen LogP contribution is -2.55. The van der Waals surface area contributed by atoms with Crippen LogP contribution in [-0.2, 0) is 9.53 Å². The molecule has 2 N–H and O–H groups in total. The molecule has 204 valence electrons. The van der Waals surface area contributed by atoms with Gasteiger partial charge in [-0.25, -0.2) is 14.4 Å². The highest BCUT2D eigenvalue weighted by molar-refractivity contribution is 5.95. The third kappa shape index (κ3) is 6.27. The predicted octanol–water partition coefficient (Wildman–Crippen LogP) is 2.34. The van der Waals surface area contributed by atoms with Gasteiger partial charge in [0, 0.05) is 56.6 Å². The minimum atomic E-state index is -0.785. The molecule has 4 amide bonds. The molecule has 2 heterocycles. The molecule has 2 aliphatic rings. The van der Waals surface area contributed by atoms with E-state index < -0.39 is 12.0 Å². The van der Waals surface area contributed by atoms with Crippen molar-refractivity contribution in [1.29, 1.82) is 0 Å². The first-order valence-electron chi connectivity index (χ1n) is 12.7. The summed E-state index contributed by atoms with van der Waals surface area (Å²) in [4.78, 5) is 44.6. The van der Waals surface area contributed by atoms with E-state index in [1.54, 1.807) is 34.9 Å². The summed E-state index contributed by atoms with van der Waals surface area (Å²) in [6.07, 6.45) is 0. The summed E-state index contributed by atoms with van der Waals surface area (Å²) in [6.45, 7) is 10.7. The van der Waals surface area contributed by atoms with Crippen LogP contribution < -0.4 is 20.1 Å². The highest BCUT2D eigenvalue weighted by atomic mass is 16.5. The second-order valence-electron chi connectivity index (χ2n) is 9.16. The Labute approximate surface area is 218 Å². The van der Waals surface area contributed by atoms with Crippen LogP contribution in [0.2, 0.25) is 0 Å². The number of benzene rings is 1. The van der Waals surface area contributed by atoms with Crippen molar-refractivity contribution < 1.29 is 28.6 Å². The van der Waals surface area contributed by atoms with Gasteiger partial charge >= 0.3 is 18.0 Å². The lowest BCUT2D eigenvalue weighted by Gasteiger charge is -2.40. The Morgan fingerprint density at radius 3 is 2.38 bits per heavy atom. The number of para-hydroxylation sites is 1. The van der Waals surface area contributed by atoms with Crippen molar-refractivity contribution in [2.75, 3.05) is 60.1 Å². The Hall–Kier alpha value is -3.47. The fourth-order valence-corrected chi connectivity index (χ4v) is 4.69. The number of nitrogens with zero attached hydrogens (tertiary/aromatic N) is 3. The number of rotatable bonds is 9. The highest BCUT2D eigenvalue weighted by Gasteiger charge is 2.40. The van der Waals surface area contributed by atoms with Crippen molar-refractivity contribution >= 4 is 18.0 Å². The molecule has 37 heavy (non-hydrogen) atoms. The molecule has 1 unspecified atom stereocenters. The van der Waals surface area contributed by atoms with E-state index in [-0.39, 0.29) is 24.7 Å². The number of carbonyl (C=O) groups excluding carboxylic acids is 3. The Kier molecular flexibility index (Phi) is 9.62. The van der Waals surface area contributed by atoms with E-state index in [4.69, 9.17) is 14.2 Å². The summed E-state index contributed by atoms with van der Waals surface area (Å²) in [6, 6.07) is 4.23. The molecule has 3 rings (SSSR count). The largest absolute Gasteiger partial charge is 0.493 e. The van der Waals surface area contributed by atoms with Gasteiger partial charge < -0.3 is 29.7 Å². The molecule has 0 radical (unpaired) electrons. The number of methoxy groups -OCH3 is 2. The first-order valence-corrected chi connectivity index (χ1v) is 12.7. The van der Waals surface area contributed by atoms with E-state index in [2.05, 4.69) is 15.5 Å². The topological polar surface area (TPSA) is 113 Å². The Morgan fingerprint density at radius 1 is 1.11 bits per heavy atom. The third-order valence-electron chi connectivity index (χ3n) is 6.44. The fourth-order valence-electron chi connectivity index (χ4n) is 4.69. The van der Waals surface area contributed by atoms with E-state index in [1.807, 2.05) is 20.8 Å². The lowest BCUT2D eigenvalue weighted by molar-refractivity contribution is -0.139. The molecule has 1 aromatic rings. The first-order chi connectivity index (χ1) is 17.7. The molecule has 0 aliphatic carbocycles. The number of ether oxygens (including phenoxy) is 3. The number of hydrogen-bond acceptors (Lipinski definition) is 7. The van der Waals surface area contributed by atoms with Crippen LogP contribution in [0.5, 0.6) is 11.5 Å². The molecular weight excluding hydrogens is 478 g/mol. The minimum absolute atomic E-state index is 0.0622. The van der Waals surface area contributed by atoms with E-state index in [0.29, 0.717) is 67.6 Å². The van der Waals surface area contributed by atoms with E-state index in [9.17, 15) is 14.4 Å². The van der Waals surface area contributed by atoms with Crippen LogP contribution in [0.4, 0.5) is 9.59 Å². The number of amides is 4. The van der Waals surface area contributed by atoms with Crippen LogP contribution in [0.15, 0.2) is 29.5 Å². The maximum absolute atomic E-state index is 13.4. The smallest absolute Gasteiger partial charge is 0.338 e. The van der Waals surface area contributed by atoms with Gasteiger partial charge in [-0.2, -0.15) is 0 Å². The van der Waals surface area contributed by atoms with Crippen molar-refractivity contribution in [2.24, 2.45) is 0 Å². The molecule has 1 atom stereocenters. The number of urea groups is 2. The third-order valence-corrected chi connectivity index (χ3v) is 6.44. The van der Waals surface area contributed by atoms with Gasteiger partial charge in [0.15, 0.2) is 11.5 Å². The Balaban J connectivity index is 1.99. The van der Waals surface area contributed by atoms with E-state index >= 15 is 0 Å². The van der Waals surface area contributed by atoms with Crippen LogP contribution in [0.1, 0.15) is 39.3 Å². The van der Waals surface area contributed by atoms with Crippen LogP contribution in [0.25, 0.3) is 0 Å². The first kappa shape index (κ1) is 28.1. The molecule has 1 saturated heterocycles. The predicted molar refractivity (Wildman–Crippen MR) is 139 cm³/mol. The number of likely N-dealkylation sites (N-methyl/N-ethyl adjacent to an activating group) is 1. The van der Waals surface area contributed by atoms with Gasteiger partial charge in [-0.15, -0.1) is 0 Å². The maximum atomic E-state index is 13.4. The molecule has 11 nitrogen and oxygen atoms in total. The molecule has 0 aromatic heterocycles. The summed E-state index contributed by atoms with van der Waals surface area (Å²) in [5.74, 6) is 0.430. The van der Waals surface area contributed by atoms with E-state index in [1.165, 1.54) is 14.2 Å². The molecule has 0 spiro atoms. The average molecular weight is 518 g/mol. The van der Waals surface area contributed by atoms with Crippen molar-refractivity contribution in [3.63, 3.8) is 0 Å². The average Bonchev–Trinajstić information content (AvgIpc) is 2.88. The van der Waals surface area contributed by atoms with E-state index in [0.717, 1.165) is 0 Å². The second-order valence-corrected chi connectivity index (χ2v) is 9.16. The van der Waals surface area contributed by atoms with Gasteiger partial charge in [-0.3, -0.25) is 9.80 Å². The van der Waals surface area contributed by atoms with Crippen molar-refractivity contribution in [3.8, 4) is 11.5 Å². The van der Waals surface area contributed by atoms with Crippen molar-refractivity contribution in [2.45, 2.75) is 39.8 Å². The van der Waals surface area contributed by atoms with Crippen LogP contribution in [0.3, 0.4) is 0 Å². The second kappa shape index (κ2) is 12.7. The zero-order chi connectivity index (χ0) is 27.1. The summed E-state index contributed by atoms with van der Waals surface area (Å²) in [5, 5.41) is 5.90. The van der Waals surface area contributed by atoms with Gasteiger partial charge in [0.1, 0.15) is 0 Å². The van der Waals surface area contributed by atoms with Crippen LogP contribution >= 0.6 is 0 Å². The summed E-state index contributed by atoms with van der Waals surface area (Å²) in [5.41, 5.74) is 1.54. The zero-order valence-corrected chi connectivity index (χ0v) is 22.6. The normalized spacial score (nSPS) is 18.6. The zero-order valence-electron chi connectivity index (χ0n) is 22.6. The molecule has 11 heteroatoms. The van der Waals surface area contributed by atoms with Crippen LogP contribution in [0, 0.1) is 0 Å². The number of nitrogens with one attached hydrogen (secondary N) is 2. The maximum Gasteiger partial charge on any atom is 0.338 e. The number of carbonyl (C=O) groups is 3. The van der Waals surface area contributed by atoms with Gasteiger partial charge in [0.2, 0.25) is 0 Å². The standard InChI is InChI=1S/C26H39N5O6/c1-7-31-19(16-29-12-14-30(15-13-29)25(33)27-17(3)4)21(24(32)37-8-2)22(28-26(31)34)18-10-9-11-20(35-5)23(18)36-6/h9-11,17,22H,7-8,12-16H2,1-6H3,(H,27,33)(H,28,34). The fraction of sp³-hybridized carbons (Fsp3) is 0.577. The van der Waals surface area contributed by atoms with Gasteiger partial charge in [0.25, 0.3) is 0 Å². The minimum Gasteiger partial charge on any atom is -0.493 e. The SMILES string of the molecule is CCOC(=O)C1=C(CN2CCN(C(=O)NC(C)C)CC2)N(CC)C(=O)NC1c1cccc(OC)c1OC. The molecule has 2 aliphatic heterocycles. The molecule has 1 fully saturated rings. The van der Waals surface area contributed by atoms with Crippen molar-refractivity contribution in [1.82, 2.24) is 25.3 Å². The molecular formula is C26H39N5O6. The highest BCUT2D eigenvalue weighted by Crippen LogP contribution is 2.40. The summed E-state index contributed by atoms with van der Waals surface area (Å²) in [7, 11) is 3.06. The molecule has 0 saturated carbocycles. The quantitative estimate of drug-likeness (QED) is 0.484. The molecule has 1 aromatic carbocycles. The Bertz CT molecular complexity index is 1020. The lowest BCUT2D eigenvalue weighted by atomic mass is 9.93. The van der Waals surface area contributed by atoms with Crippen molar-refractivity contribution in [3.05, 3.63) is 35.0 Å². The number of esters is 1. The summed E-state index contributed by atoms with van der Waals surface area (Å²) < 4.78 is 16.6. The number of piperazine rings is 1. The monoisotopic (exact) mass is 517 g/mol. The van der Waals surface area contributed by atoms with Gasteiger partial charge in [-0.1, -0.05) is 12.1 Å². The Morgan fingerprint density at radius 2 is 1.81 bits per heavy atom. The van der Waals surface area contributed by atoms with Crippen LogP contribution in [-0.4, -0.2) is 98.9 Å². The van der Waals surface area contributed by atoms with Gasteiger partial charge in [-0.05, 0) is 33.8 Å². The summed E-state index contributed by atoms with van der Waals surface area (Å²) >= 11 is 0. The van der Waals surface area contributed by atoms with Gasteiger partial charge in [0.05, 0.1) is 32.4 Å².